The van der Waals surface area contributed by atoms with Crippen LogP contribution in [-0.2, 0) is 13.9 Å². The van der Waals surface area contributed by atoms with Crippen LogP contribution in [0.15, 0.2) is 12.2 Å². The van der Waals surface area contributed by atoms with Gasteiger partial charge in [0.05, 0.1) is 19.8 Å². The molecule has 204 valence electrons. The molecule has 0 saturated heterocycles. The molecule has 0 heterocycles. The quantitative estimate of drug-likeness (QED) is 0.0828. The highest BCUT2D eigenvalue weighted by molar-refractivity contribution is 7.46. The van der Waals surface area contributed by atoms with E-state index in [1.165, 1.54) is 44.9 Å². The molecular weight excluding hydrogens is 461 g/mol. The van der Waals surface area contributed by atoms with E-state index in [1.807, 2.05) is 0 Å². The molecule has 9 nitrogen and oxygen atoms in total. The minimum absolute atomic E-state index is 0.0694. The van der Waals surface area contributed by atoms with E-state index in [4.69, 9.17) is 25.1 Å². The molecule has 0 atom stereocenters. The third kappa shape index (κ3) is 31.2. The number of aliphatic hydroxyl groups excluding tert-OH is 3. The largest absolute Gasteiger partial charge is 0.526 e. The summed E-state index contributed by atoms with van der Waals surface area (Å²) >= 11 is 0. The molecule has 10 heteroatoms. The highest BCUT2D eigenvalue weighted by Gasteiger charge is 2.19. The van der Waals surface area contributed by atoms with Crippen LogP contribution in [0.25, 0.3) is 0 Å². The van der Waals surface area contributed by atoms with Gasteiger partial charge in [-0.2, -0.15) is 0 Å². The molecule has 0 aliphatic heterocycles. The van der Waals surface area contributed by atoms with Crippen molar-refractivity contribution in [3.8, 4) is 0 Å². The topological polar surface area (TPSA) is 148 Å². The molecular formula is C24H50NO8P. The van der Waals surface area contributed by atoms with Crippen molar-refractivity contribution in [3.05, 3.63) is 12.2 Å². The third-order valence-electron chi connectivity index (χ3n) is 5.11. The van der Waals surface area contributed by atoms with Crippen LogP contribution >= 0.6 is 7.82 Å². The summed E-state index contributed by atoms with van der Waals surface area (Å²) in [5.41, 5.74) is 0. The fourth-order valence-electron chi connectivity index (χ4n) is 3.28. The van der Waals surface area contributed by atoms with Crippen molar-refractivity contribution in [3.63, 3.8) is 0 Å². The number of nitrogens with zero attached hydrogens (tertiary/aromatic N) is 1. The Morgan fingerprint density at radius 2 is 1.15 bits per heavy atom. The van der Waals surface area contributed by atoms with E-state index in [1.54, 1.807) is 4.90 Å². The molecule has 0 aromatic carbocycles. The molecule has 0 aliphatic rings. The van der Waals surface area contributed by atoms with Crippen molar-refractivity contribution in [2.45, 2.75) is 96.8 Å². The van der Waals surface area contributed by atoms with Crippen molar-refractivity contribution in [1.82, 2.24) is 4.90 Å². The number of phosphoric ester groups is 1. The Hall–Kier alpha value is -0.800. The molecule has 34 heavy (non-hydrogen) atoms. The monoisotopic (exact) mass is 511 g/mol. The van der Waals surface area contributed by atoms with E-state index in [0.717, 1.165) is 32.1 Å². The van der Waals surface area contributed by atoms with Crippen LogP contribution in [0, 0.1) is 0 Å². The Balaban J connectivity index is 0. The Morgan fingerprint density at radius 3 is 1.56 bits per heavy atom. The summed E-state index contributed by atoms with van der Waals surface area (Å²) in [6, 6.07) is 0. The van der Waals surface area contributed by atoms with Gasteiger partial charge in [-0.05, 0) is 32.1 Å². The Labute approximate surface area is 206 Å². The second-order valence-corrected chi connectivity index (χ2v) is 9.46. The van der Waals surface area contributed by atoms with Gasteiger partial charge in [-0.15, -0.1) is 0 Å². The van der Waals surface area contributed by atoms with Gasteiger partial charge in [0.2, 0.25) is 0 Å². The van der Waals surface area contributed by atoms with Gasteiger partial charge in [-0.1, -0.05) is 70.4 Å². The molecule has 0 bridgehead atoms. The SMILES string of the molecule is CCCCCCCCC=CCCCCCCCC(=O)OP(=O)(O)O.OCCN(CCO)CCO. The summed E-state index contributed by atoms with van der Waals surface area (Å²) in [7, 11) is -4.67. The molecule has 0 aromatic heterocycles. The maximum atomic E-state index is 11.1. The van der Waals surface area contributed by atoms with Crippen LogP contribution in [-0.4, -0.2) is 75.4 Å². The van der Waals surface area contributed by atoms with Gasteiger partial charge < -0.3 is 19.8 Å². The molecule has 0 saturated carbocycles. The number of aliphatic hydroxyl groups is 3. The molecule has 0 rings (SSSR count). The zero-order chi connectivity index (χ0) is 25.9. The lowest BCUT2D eigenvalue weighted by atomic mass is 10.1. The van der Waals surface area contributed by atoms with Crippen molar-refractivity contribution < 1.29 is 39.0 Å². The lowest BCUT2D eigenvalue weighted by Gasteiger charge is -2.17. The summed E-state index contributed by atoms with van der Waals surface area (Å²) in [5, 5.41) is 25.5. The second kappa shape index (κ2) is 26.8. The van der Waals surface area contributed by atoms with Gasteiger partial charge in [0, 0.05) is 26.1 Å². The Morgan fingerprint density at radius 1 is 0.735 bits per heavy atom. The fourth-order valence-corrected chi connectivity index (χ4v) is 3.63. The third-order valence-corrected chi connectivity index (χ3v) is 5.55. The number of hydrogen-bond acceptors (Lipinski definition) is 7. The lowest BCUT2D eigenvalue weighted by molar-refractivity contribution is -0.135. The van der Waals surface area contributed by atoms with Crippen molar-refractivity contribution in [1.29, 1.82) is 0 Å². The molecule has 5 N–H and O–H groups in total. The summed E-state index contributed by atoms with van der Waals surface area (Å²) in [5.74, 6) is -0.819. The van der Waals surface area contributed by atoms with E-state index < -0.39 is 13.8 Å². The molecule has 0 fully saturated rings. The molecule has 0 spiro atoms. The summed E-state index contributed by atoms with van der Waals surface area (Å²) < 4.78 is 14.4. The van der Waals surface area contributed by atoms with Crippen LogP contribution in [0.3, 0.4) is 0 Å². The lowest BCUT2D eigenvalue weighted by Crippen LogP contribution is -2.32. The molecule has 0 radical (unpaired) electrons. The molecule has 0 aliphatic carbocycles. The number of rotatable bonds is 22. The van der Waals surface area contributed by atoms with Crippen LogP contribution in [0.4, 0.5) is 0 Å². The normalized spacial score (nSPS) is 11.6. The number of phosphoric acid groups is 1. The zero-order valence-corrected chi connectivity index (χ0v) is 22.0. The Kier molecular flexibility index (Phi) is 27.9. The summed E-state index contributed by atoms with van der Waals surface area (Å²) in [4.78, 5) is 29.8. The van der Waals surface area contributed by atoms with E-state index in [-0.39, 0.29) is 26.2 Å². The Bertz CT molecular complexity index is 499. The zero-order valence-electron chi connectivity index (χ0n) is 21.2. The van der Waals surface area contributed by atoms with Gasteiger partial charge in [-0.25, -0.2) is 4.57 Å². The summed E-state index contributed by atoms with van der Waals surface area (Å²) in [6.45, 7) is 3.99. The van der Waals surface area contributed by atoms with Gasteiger partial charge in [-0.3, -0.25) is 19.5 Å². The average molecular weight is 512 g/mol. The predicted molar refractivity (Wildman–Crippen MR) is 135 cm³/mol. The van der Waals surface area contributed by atoms with Gasteiger partial charge in [0.15, 0.2) is 0 Å². The maximum Gasteiger partial charge on any atom is 0.526 e. The van der Waals surface area contributed by atoms with Crippen LogP contribution in [0.2, 0.25) is 0 Å². The first-order valence-corrected chi connectivity index (χ1v) is 14.3. The molecule has 0 aromatic rings. The summed E-state index contributed by atoms with van der Waals surface area (Å²) in [6.07, 6.45) is 19.8. The van der Waals surface area contributed by atoms with Gasteiger partial charge >= 0.3 is 13.8 Å². The number of carbonyl (C=O) groups excluding carboxylic acids is 1. The maximum absolute atomic E-state index is 11.1. The van der Waals surface area contributed by atoms with Gasteiger partial charge in [0.25, 0.3) is 0 Å². The van der Waals surface area contributed by atoms with E-state index in [0.29, 0.717) is 26.1 Å². The van der Waals surface area contributed by atoms with Crippen LogP contribution < -0.4 is 0 Å². The van der Waals surface area contributed by atoms with E-state index in [2.05, 4.69) is 23.6 Å². The first-order chi connectivity index (χ1) is 16.3. The number of carbonyl (C=O) groups is 1. The smallest absolute Gasteiger partial charge is 0.395 e. The van der Waals surface area contributed by atoms with Crippen molar-refractivity contribution in [2.24, 2.45) is 0 Å². The van der Waals surface area contributed by atoms with E-state index in [9.17, 15) is 9.36 Å². The van der Waals surface area contributed by atoms with Crippen LogP contribution in [0.5, 0.6) is 0 Å². The average Bonchev–Trinajstić information content (AvgIpc) is 2.76. The van der Waals surface area contributed by atoms with Gasteiger partial charge in [0.1, 0.15) is 0 Å². The van der Waals surface area contributed by atoms with Crippen LogP contribution in [0.1, 0.15) is 96.8 Å². The number of allylic oxidation sites excluding steroid dienone is 2. The fraction of sp³-hybridized carbons (Fsp3) is 0.875. The number of hydrogen-bond donors (Lipinski definition) is 5. The second-order valence-electron chi connectivity index (χ2n) is 8.30. The standard InChI is InChI=1S/C18H35O5P.C6H15NO3/c1-2-3-4-5-6-7-8-9-10-11-12-13-14-15-16-17-18(19)23-24(20,21)22;8-4-1-7(2-5-9)3-6-10/h9-10H,2-8,11-17H2,1H3,(H2,20,21,22);8-10H,1-6H2. The highest BCUT2D eigenvalue weighted by atomic mass is 31.2. The molecule has 0 amide bonds. The minimum atomic E-state index is -4.67. The predicted octanol–water partition coefficient (Wildman–Crippen LogP) is 3.93. The van der Waals surface area contributed by atoms with Crippen molar-refractivity contribution in [2.75, 3.05) is 39.5 Å². The van der Waals surface area contributed by atoms with E-state index >= 15 is 0 Å². The minimum Gasteiger partial charge on any atom is -0.395 e. The number of unbranched alkanes of at least 4 members (excludes halogenated alkanes) is 11. The first kappa shape index (κ1) is 35.4. The highest BCUT2D eigenvalue weighted by Crippen LogP contribution is 2.36. The van der Waals surface area contributed by atoms with Crippen molar-refractivity contribution >= 4 is 13.8 Å². The molecule has 0 unspecified atom stereocenters. The first-order valence-electron chi connectivity index (χ1n) is 12.8.